The first kappa shape index (κ1) is 25.3. The van der Waals surface area contributed by atoms with Crippen molar-refractivity contribution in [3.8, 4) is 5.75 Å². The van der Waals surface area contributed by atoms with Crippen LogP contribution < -0.4 is 26.2 Å². The Morgan fingerprint density at radius 3 is 2.54 bits per heavy atom. The number of aromatic nitrogens is 1. The van der Waals surface area contributed by atoms with Crippen LogP contribution in [0.4, 0.5) is 17.1 Å². The molecule has 39 heavy (non-hydrogen) atoms. The molecule has 3 aliphatic rings. The van der Waals surface area contributed by atoms with Gasteiger partial charge in [0.1, 0.15) is 17.1 Å². The molecule has 0 radical (unpaired) electrons. The zero-order valence-electron chi connectivity index (χ0n) is 22.7. The van der Waals surface area contributed by atoms with Gasteiger partial charge in [0.15, 0.2) is 0 Å². The molecule has 4 aromatic rings. The lowest BCUT2D eigenvalue weighted by molar-refractivity contribution is 0.0105. The largest absolute Gasteiger partial charge is 0.497 e. The number of anilines is 3. The van der Waals surface area contributed by atoms with Gasteiger partial charge in [-0.3, -0.25) is 19.5 Å². The Morgan fingerprint density at radius 1 is 1.08 bits per heavy atom. The van der Waals surface area contributed by atoms with Crippen molar-refractivity contribution in [3.63, 3.8) is 0 Å². The number of rotatable bonds is 8. The standard InChI is InChI=1S/C32H34N4O3/c1-5-20-17-36-11-9-21(20)15-27(36)28(24-8-10-33-26-7-6-23(39-4)16-25(24)26)35-30-29(31(37)32(30)38)34-22-13-18(2)12-19(3)14-22/h5-8,10,12-14,16,20-21,27-28,34-35H,1,9,11,15,17H2,2-4H3/t20?,21?,27-,28-/m0/s1. The molecular formula is C32H34N4O3. The van der Waals surface area contributed by atoms with E-state index >= 15 is 0 Å². The molecule has 7 heteroatoms. The van der Waals surface area contributed by atoms with Crippen LogP contribution >= 0.6 is 0 Å². The number of piperidine rings is 3. The number of ether oxygens (including phenoxy) is 1. The maximum atomic E-state index is 13.0. The van der Waals surface area contributed by atoms with Crippen molar-refractivity contribution in [2.75, 3.05) is 30.8 Å². The van der Waals surface area contributed by atoms with Crippen LogP contribution in [-0.2, 0) is 0 Å². The predicted octanol–water partition coefficient (Wildman–Crippen LogP) is 5.25. The molecule has 5 atom stereocenters. The fraction of sp³-hybridized carbons (Fsp3) is 0.344. The summed E-state index contributed by atoms with van der Waals surface area (Å²) >= 11 is 0. The van der Waals surface area contributed by atoms with Crippen molar-refractivity contribution >= 4 is 28.0 Å². The smallest absolute Gasteiger partial charge is 0.253 e. The highest BCUT2D eigenvalue weighted by molar-refractivity contribution is 5.85. The Hall–Kier alpha value is -3.97. The molecule has 0 amide bonds. The summed E-state index contributed by atoms with van der Waals surface area (Å²) in [6, 6.07) is 13.9. The van der Waals surface area contributed by atoms with Gasteiger partial charge in [0.05, 0.1) is 18.7 Å². The van der Waals surface area contributed by atoms with Gasteiger partial charge in [0.2, 0.25) is 0 Å². The molecule has 7 nitrogen and oxygen atoms in total. The zero-order valence-corrected chi connectivity index (χ0v) is 22.7. The second-order valence-corrected chi connectivity index (χ2v) is 11.1. The summed E-state index contributed by atoms with van der Waals surface area (Å²) in [6.45, 7) is 10.1. The molecule has 1 aromatic heterocycles. The minimum Gasteiger partial charge on any atom is -0.497 e. The average molecular weight is 523 g/mol. The Morgan fingerprint density at radius 2 is 1.85 bits per heavy atom. The molecule has 4 heterocycles. The Bertz CT molecular complexity index is 1620. The van der Waals surface area contributed by atoms with Gasteiger partial charge in [0, 0.05) is 29.9 Å². The number of nitrogens with zero attached hydrogens (tertiary/aromatic N) is 2. The number of methoxy groups -OCH3 is 1. The number of hydrogen-bond donors (Lipinski definition) is 2. The summed E-state index contributed by atoms with van der Waals surface area (Å²) in [6.07, 6.45) is 6.03. The van der Waals surface area contributed by atoms with Crippen molar-refractivity contribution < 1.29 is 4.74 Å². The van der Waals surface area contributed by atoms with E-state index < -0.39 is 10.9 Å². The van der Waals surface area contributed by atoms with Crippen molar-refractivity contribution in [1.29, 1.82) is 0 Å². The van der Waals surface area contributed by atoms with Crippen LogP contribution in [0.1, 0.15) is 35.6 Å². The molecule has 0 saturated carbocycles. The summed E-state index contributed by atoms with van der Waals surface area (Å²) in [7, 11) is 1.66. The van der Waals surface area contributed by atoms with Crippen LogP contribution in [0.2, 0.25) is 0 Å². The van der Waals surface area contributed by atoms with E-state index in [9.17, 15) is 9.59 Å². The summed E-state index contributed by atoms with van der Waals surface area (Å²) in [5.41, 5.74) is 4.57. The van der Waals surface area contributed by atoms with E-state index in [1.165, 1.54) is 0 Å². The summed E-state index contributed by atoms with van der Waals surface area (Å²) in [5, 5.41) is 7.79. The van der Waals surface area contributed by atoms with E-state index in [0.29, 0.717) is 23.2 Å². The number of hydrogen-bond acceptors (Lipinski definition) is 7. The van der Waals surface area contributed by atoms with Gasteiger partial charge in [0.25, 0.3) is 10.9 Å². The number of fused-ring (bicyclic) bond motifs is 4. The Balaban J connectivity index is 1.43. The highest BCUT2D eigenvalue weighted by Crippen LogP contribution is 2.44. The quantitative estimate of drug-likeness (QED) is 0.242. The van der Waals surface area contributed by atoms with Gasteiger partial charge in [-0.05, 0) is 98.2 Å². The maximum Gasteiger partial charge on any atom is 0.253 e. The molecule has 3 aromatic carbocycles. The van der Waals surface area contributed by atoms with Crippen molar-refractivity contribution in [1.82, 2.24) is 9.88 Å². The fourth-order valence-corrected chi connectivity index (χ4v) is 6.65. The molecule has 3 aliphatic heterocycles. The van der Waals surface area contributed by atoms with E-state index in [1.807, 2.05) is 56.4 Å². The van der Waals surface area contributed by atoms with Gasteiger partial charge < -0.3 is 15.4 Å². The highest BCUT2D eigenvalue weighted by atomic mass is 16.5. The van der Waals surface area contributed by atoms with Crippen molar-refractivity contribution in [2.24, 2.45) is 11.8 Å². The summed E-state index contributed by atoms with van der Waals surface area (Å²) < 4.78 is 5.54. The minimum atomic E-state index is -0.492. The first-order valence-corrected chi connectivity index (χ1v) is 13.6. The predicted molar refractivity (Wildman–Crippen MR) is 157 cm³/mol. The third kappa shape index (κ3) is 4.51. The number of nitrogens with one attached hydrogen (secondary N) is 2. The van der Waals surface area contributed by atoms with Gasteiger partial charge in [-0.2, -0.15) is 0 Å². The topological polar surface area (TPSA) is 83.6 Å². The third-order valence-electron chi connectivity index (χ3n) is 8.56. The molecular weight excluding hydrogens is 488 g/mol. The molecule has 3 saturated heterocycles. The van der Waals surface area contributed by atoms with Crippen LogP contribution in [-0.4, -0.2) is 36.1 Å². The monoisotopic (exact) mass is 522 g/mol. The fourth-order valence-electron chi connectivity index (χ4n) is 6.65. The number of aryl methyl sites for hydroxylation is 2. The van der Waals surface area contributed by atoms with Gasteiger partial charge in [-0.15, -0.1) is 6.58 Å². The maximum absolute atomic E-state index is 13.0. The summed E-state index contributed by atoms with van der Waals surface area (Å²) in [4.78, 5) is 32.9. The molecule has 3 unspecified atom stereocenters. The zero-order chi connectivity index (χ0) is 27.3. The third-order valence-corrected chi connectivity index (χ3v) is 8.56. The van der Waals surface area contributed by atoms with E-state index in [4.69, 9.17) is 4.74 Å². The molecule has 2 N–H and O–H groups in total. The highest BCUT2D eigenvalue weighted by Gasteiger charge is 2.43. The van der Waals surface area contributed by atoms with Crippen molar-refractivity contribution in [3.05, 3.63) is 98.5 Å². The van der Waals surface area contributed by atoms with Crippen LogP contribution in [0.25, 0.3) is 10.9 Å². The molecule has 2 bridgehead atoms. The van der Waals surface area contributed by atoms with Crippen LogP contribution in [0.15, 0.2) is 70.9 Å². The first-order chi connectivity index (χ1) is 18.9. The SMILES string of the molecule is C=CC1CN2CCC1C[C@H]2[C@@H](Nc1c(Nc2cc(C)cc(C)c2)c(=O)c1=O)c1ccnc2ccc(OC)cc12. The second-order valence-electron chi connectivity index (χ2n) is 11.1. The lowest BCUT2D eigenvalue weighted by Gasteiger charge is -2.52. The second kappa shape index (κ2) is 9.97. The Labute approximate surface area is 228 Å². The lowest BCUT2D eigenvalue weighted by Crippen LogP contribution is -2.56. The van der Waals surface area contributed by atoms with Gasteiger partial charge >= 0.3 is 0 Å². The normalized spacial score (nSPS) is 23.1. The molecule has 200 valence electrons. The first-order valence-electron chi connectivity index (χ1n) is 13.6. The number of benzene rings is 2. The number of pyridine rings is 1. The summed E-state index contributed by atoms with van der Waals surface area (Å²) in [5.74, 6) is 1.77. The lowest BCUT2D eigenvalue weighted by atomic mass is 9.73. The molecule has 3 fully saturated rings. The van der Waals surface area contributed by atoms with E-state index in [2.05, 4.69) is 39.2 Å². The molecule has 0 aliphatic carbocycles. The molecule has 0 spiro atoms. The average Bonchev–Trinajstić information content (AvgIpc) is 2.95. The van der Waals surface area contributed by atoms with Crippen LogP contribution in [0.3, 0.4) is 0 Å². The van der Waals surface area contributed by atoms with Crippen molar-refractivity contribution in [2.45, 2.75) is 38.8 Å². The van der Waals surface area contributed by atoms with E-state index in [1.54, 1.807) is 7.11 Å². The van der Waals surface area contributed by atoms with Gasteiger partial charge in [-0.1, -0.05) is 12.1 Å². The van der Waals surface area contributed by atoms with E-state index in [0.717, 1.165) is 65.0 Å². The minimum absolute atomic E-state index is 0.148. The van der Waals surface area contributed by atoms with Gasteiger partial charge in [-0.25, -0.2) is 0 Å². The Kier molecular flexibility index (Phi) is 6.47. The van der Waals surface area contributed by atoms with E-state index in [-0.39, 0.29) is 12.1 Å². The van der Waals surface area contributed by atoms with Crippen LogP contribution in [0.5, 0.6) is 5.75 Å². The van der Waals surface area contributed by atoms with Crippen LogP contribution in [0, 0.1) is 25.7 Å². The molecule has 7 rings (SSSR count).